The molecule has 3 aromatic heterocycles. The zero-order valence-electron chi connectivity index (χ0n) is 36.5. The molecule has 3 aliphatic rings. The molecule has 5 heterocycles. The molecule has 0 saturated heterocycles. The van der Waals surface area contributed by atoms with Crippen molar-refractivity contribution in [1.29, 1.82) is 0 Å². The van der Waals surface area contributed by atoms with E-state index in [1.165, 1.54) is 105 Å². The third-order valence-electron chi connectivity index (χ3n) is 15.2. The number of fused-ring (bicyclic) bond motifs is 13. The predicted molar refractivity (Wildman–Crippen MR) is 270 cm³/mol. The van der Waals surface area contributed by atoms with Crippen molar-refractivity contribution in [3.05, 3.63) is 204 Å². The fraction of sp³-hybridized carbons (Fsp3) is 0.133. The highest BCUT2D eigenvalue weighted by molar-refractivity contribution is 6.16. The van der Waals surface area contributed by atoms with Crippen molar-refractivity contribution in [2.24, 2.45) is 0 Å². The van der Waals surface area contributed by atoms with Gasteiger partial charge < -0.3 is 18.6 Å². The first kappa shape index (κ1) is 36.0. The van der Waals surface area contributed by atoms with Gasteiger partial charge in [-0.05, 0) is 114 Å². The van der Waals surface area contributed by atoms with Gasteiger partial charge >= 0.3 is 0 Å². The van der Waals surface area contributed by atoms with E-state index < -0.39 is 0 Å². The molecule has 14 rings (SSSR count). The first-order valence-electron chi connectivity index (χ1n) is 22.8. The summed E-state index contributed by atoms with van der Waals surface area (Å²) in [4.78, 5) is 2.57. The normalized spacial score (nSPS) is 15.7. The van der Waals surface area contributed by atoms with E-state index in [0.717, 1.165) is 29.9 Å². The summed E-state index contributed by atoms with van der Waals surface area (Å²) < 4.78 is 7.55. The molecule has 4 heteroatoms. The minimum Gasteiger partial charge on any atom is -0.313 e. The molecule has 0 N–H and O–H groups in total. The fourth-order valence-corrected chi connectivity index (χ4v) is 12.2. The molecule has 0 unspecified atom stereocenters. The van der Waals surface area contributed by atoms with Gasteiger partial charge in [0.15, 0.2) is 0 Å². The number of rotatable bonds is 4. The van der Waals surface area contributed by atoms with Crippen LogP contribution in [0.3, 0.4) is 0 Å². The van der Waals surface area contributed by atoms with Crippen LogP contribution in [0, 0.1) is 0 Å². The number of allylic oxidation sites excluding steroid dienone is 4. The predicted octanol–water partition coefficient (Wildman–Crippen LogP) is 15.9. The lowest BCUT2D eigenvalue weighted by molar-refractivity contribution is 0.630. The Morgan fingerprint density at radius 3 is 1.39 bits per heavy atom. The molecule has 306 valence electrons. The van der Waals surface area contributed by atoms with Gasteiger partial charge in [0.05, 0.1) is 44.5 Å². The standard InChI is InChI=1S/C60H46N4/c1-59(2)47-23-11-16-28-55(47)63-52-26-14-9-21-42(52)45-33-39(35-49(59)57(45)63)61(38-30-31-54-44(32-38)41-20-8-13-25-51(41)62(54)37-18-6-5-7-19-37)40-34-46-43-22-10-15-27-53(43)64-56-29-17-12-24-48(56)60(3,4)50(36-40)58(46)64/h5-6,8-18,20-36H,7,19H2,1-4H3. The van der Waals surface area contributed by atoms with Crippen molar-refractivity contribution in [2.75, 3.05) is 4.90 Å². The van der Waals surface area contributed by atoms with E-state index in [0.29, 0.717) is 0 Å². The summed E-state index contributed by atoms with van der Waals surface area (Å²) >= 11 is 0. The second-order valence-electron chi connectivity index (χ2n) is 19.3. The third kappa shape index (κ3) is 4.57. The second-order valence-corrected chi connectivity index (χ2v) is 19.3. The zero-order chi connectivity index (χ0) is 42.6. The van der Waals surface area contributed by atoms with E-state index in [9.17, 15) is 0 Å². The monoisotopic (exact) mass is 822 g/mol. The Bertz CT molecular complexity index is 3730. The number of hydrogen-bond acceptors (Lipinski definition) is 1. The molecular weight excluding hydrogens is 777 g/mol. The average molecular weight is 823 g/mol. The van der Waals surface area contributed by atoms with Gasteiger partial charge in [0, 0.05) is 65.9 Å². The Kier molecular flexibility index (Phi) is 7.05. The topological polar surface area (TPSA) is 18.0 Å². The summed E-state index contributed by atoms with van der Waals surface area (Å²) in [5, 5.41) is 7.63. The highest BCUT2D eigenvalue weighted by Gasteiger charge is 2.38. The lowest BCUT2D eigenvalue weighted by Crippen LogP contribution is -2.27. The largest absolute Gasteiger partial charge is 0.313 e. The molecule has 0 spiro atoms. The van der Waals surface area contributed by atoms with Crippen LogP contribution in [0.1, 0.15) is 62.8 Å². The van der Waals surface area contributed by atoms with Crippen LogP contribution in [0.15, 0.2) is 182 Å². The van der Waals surface area contributed by atoms with Crippen molar-refractivity contribution in [3.8, 4) is 11.4 Å². The van der Waals surface area contributed by atoms with Crippen molar-refractivity contribution < 1.29 is 0 Å². The molecular formula is C60H46N4. The van der Waals surface area contributed by atoms with Crippen LogP contribution in [0.5, 0.6) is 0 Å². The van der Waals surface area contributed by atoms with Gasteiger partial charge in [-0.15, -0.1) is 0 Å². The number of benzene rings is 8. The quantitative estimate of drug-likeness (QED) is 0.173. The number of aromatic nitrogens is 3. The van der Waals surface area contributed by atoms with Crippen LogP contribution in [0.4, 0.5) is 17.1 Å². The van der Waals surface area contributed by atoms with Crippen molar-refractivity contribution in [1.82, 2.24) is 13.7 Å². The summed E-state index contributed by atoms with van der Waals surface area (Å²) in [6.45, 7) is 9.65. The smallest absolute Gasteiger partial charge is 0.0583 e. The first-order chi connectivity index (χ1) is 31.3. The summed E-state index contributed by atoms with van der Waals surface area (Å²) in [6.07, 6.45) is 8.85. The van der Waals surface area contributed by atoms with Crippen molar-refractivity contribution in [2.45, 2.75) is 51.4 Å². The number of hydrogen-bond donors (Lipinski definition) is 0. The Morgan fingerprint density at radius 1 is 0.406 bits per heavy atom. The summed E-state index contributed by atoms with van der Waals surface area (Å²) in [7, 11) is 0. The highest BCUT2D eigenvalue weighted by Crippen LogP contribution is 2.53. The van der Waals surface area contributed by atoms with E-state index in [1.807, 2.05) is 0 Å². The second kappa shape index (κ2) is 12.5. The maximum atomic E-state index is 2.57. The Labute approximate surface area is 372 Å². The highest BCUT2D eigenvalue weighted by atomic mass is 15.1. The molecule has 0 saturated carbocycles. The number of anilines is 3. The van der Waals surface area contributed by atoms with Crippen molar-refractivity contribution in [3.63, 3.8) is 0 Å². The molecule has 0 fully saturated rings. The molecule has 0 radical (unpaired) electrons. The molecule has 4 nitrogen and oxygen atoms in total. The minimum atomic E-state index is -0.254. The first-order valence-corrected chi connectivity index (χ1v) is 22.8. The zero-order valence-corrected chi connectivity index (χ0v) is 36.5. The lowest BCUT2D eigenvalue weighted by Gasteiger charge is -2.37. The van der Waals surface area contributed by atoms with Crippen LogP contribution in [-0.2, 0) is 10.8 Å². The Morgan fingerprint density at radius 2 is 0.859 bits per heavy atom. The van der Waals surface area contributed by atoms with E-state index in [2.05, 4.69) is 228 Å². The van der Waals surface area contributed by atoms with Gasteiger partial charge in [-0.1, -0.05) is 131 Å². The summed E-state index contributed by atoms with van der Waals surface area (Å²) in [5.41, 5.74) is 19.7. The fourth-order valence-electron chi connectivity index (χ4n) is 12.2. The van der Waals surface area contributed by atoms with Gasteiger partial charge in [0.25, 0.3) is 0 Å². The van der Waals surface area contributed by atoms with E-state index >= 15 is 0 Å². The Balaban J connectivity index is 1.12. The molecule has 11 aromatic rings. The van der Waals surface area contributed by atoms with Crippen LogP contribution >= 0.6 is 0 Å². The van der Waals surface area contributed by atoms with Crippen LogP contribution < -0.4 is 4.90 Å². The van der Waals surface area contributed by atoms with Gasteiger partial charge in [-0.25, -0.2) is 0 Å². The molecule has 8 aromatic carbocycles. The summed E-state index contributed by atoms with van der Waals surface area (Å²) in [6, 6.07) is 62.2. The average Bonchev–Trinajstić information content (AvgIpc) is 3.97. The molecule has 2 aliphatic heterocycles. The van der Waals surface area contributed by atoms with E-state index in [4.69, 9.17) is 0 Å². The maximum Gasteiger partial charge on any atom is 0.0583 e. The van der Waals surface area contributed by atoms with Crippen LogP contribution in [-0.4, -0.2) is 13.7 Å². The molecule has 0 amide bonds. The summed E-state index contributed by atoms with van der Waals surface area (Å²) in [5.74, 6) is 0. The molecule has 64 heavy (non-hydrogen) atoms. The van der Waals surface area contributed by atoms with Gasteiger partial charge in [0.2, 0.25) is 0 Å². The number of nitrogens with zero attached hydrogens (tertiary/aromatic N) is 4. The lowest BCUT2D eigenvalue weighted by atomic mass is 9.74. The molecule has 0 bridgehead atoms. The van der Waals surface area contributed by atoms with Gasteiger partial charge in [0.1, 0.15) is 0 Å². The van der Waals surface area contributed by atoms with Gasteiger partial charge in [-0.2, -0.15) is 0 Å². The van der Waals surface area contributed by atoms with E-state index in [1.54, 1.807) is 0 Å². The van der Waals surface area contributed by atoms with Crippen LogP contribution in [0.2, 0.25) is 0 Å². The number of para-hydroxylation sites is 5. The molecule has 0 atom stereocenters. The third-order valence-corrected chi connectivity index (χ3v) is 15.2. The van der Waals surface area contributed by atoms with Crippen LogP contribution in [0.25, 0.3) is 82.5 Å². The maximum absolute atomic E-state index is 2.57. The van der Waals surface area contributed by atoms with Gasteiger partial charge in [-0.3, -0.25) is 0 Å². The molecule has 1 aliphatic carbocycles. The SMILES string of the molecule is CC1(C)c2ccccc2-n2c3ccccc3c3cc(N(c4ccc5c(c4)c4ccccc4n5C4=CC=CCC4)c4cc5c6c(c4)c4ccccc4n6-c4ccccc4C5(C)C)cc1c32. The van der Waals surface area contributed by atoms with E-state index in [-0.39, 0.29) is 10.8 Å². The Hall–Kier alpha value is -7.56. The minimum absolute atomic E-state index is 0.254. The van der Waals surface area contributed by atoms with Crippen molar-refractivity contribution >= 4 is 88.2 Å².